The van der Waals surface area contributed by atoms with E-state index in [9.17, 15) is 4.79 Å². The molecule has 0 fully saturated rings. The van der Waals surface area contributed by atoms with Gasteiger partial charge in [0.25, 0.3) is 0 Å². The van der Waals surface area contributed by atoms with Crippen LogP contribution in [0.4, 0.5) is 5.82 Å². The first-order valence-corrected chi connectivity index (χ1v) is 7.58. The molecule has 0 saturated heterocycles. The van der Waals surface area contributed by atoms with Crippen molar-refractivity contribution in [2.75, 3.05) is 5.32 Å². The minimum Gasteiger partial charge on any atom is -0.309 e. The van der Waals surface area contributed by atoms with Gasteiger partial charge >= 0.3 is 0 Å². The number of hydrogen-bond acceptors (Lipinski definition) is 2. The van der Waals surface area contributed by atoms with Gasteiger partial charge in [0, 0.05) is 11.3 Å². The maximum absolute atomic E-state index is 12.1. The molecule has 0 atom stereocenters. The van der Waals surface area contributed by atoms with Crippen LogP contribution in [0.3, 0.4) is 0 Å². The number of nitrogens with zero attached hydrogens (tertiary/aromatic N) is 1. The monoisotopic (exact) mass is 283 g/mol. The Kier molecular flexibility index (Phi) is 3.78. The van der Waals surface area contributed by atoms with Gasteiger partial charge in [-0.15, -0.1) is 0 Å². The Hall–Kier alpha value is -2.10. The number of fused-ring (bicyclic) bond motifs is 1. The van der Waals surface area contributed by atoms with Crippen LogP contribution in [0.15, 0.2) is 24.3 Å². The Morgan fingerprint density at radius 3 is 2.76 bits per heavy atom. The number of carbonyl (C=O) groups is 1. The number of benzene rings is 1. The number of rotatable bonds is 4. The van der Waals surface area contributed by atoms with E-state index in [1.807, 2.05) is 12.1 Å². The molecule has 21 heavy (non-hydrogen) atoms. The van der Waals surface area contributed by atoms with Gasteiger partial charge in [0.15, 0.2) is 5.82 Å². The van der Waals surface area contributed by atoms with Crippen molar-refractivity contribution < 1.29 is 4.79 Å². The molecule has 4 heteroatoms. The van der Waals surface area contributed by atoms with E-state index in [2.05, 4.69) is 41.5 Å². The lowest BCUT2D eigenvalue weighted by Crippen LogP contribution is -2.15. The van der Waals surface area contributed by atoms with Crippen LogP contribution in [0.5, 0.6) is 0 Å². The number of aromatic nitrogens is 2. The molecule has 0 radical (unpaired) electrons. The third-order valence-electron chi connectivity index (χ3n) is 4.08. The fraction of sp³-hybridized carbons (Fsp3) is 0.412. The lowest BCUT2D eigenvalue weighted by atomic mass is 10.0. The number of H-pyrrole nitrogens is 1. The van der Waals surface area contributed by atoms with Gasteiger partial charge in [-0.2, -0.15) is 5.10 Å². The molecule has 1 heterocycles. The topological polar surface area (TPSA) is 57.8 Å². The van der Waals surface area contributed by atoms with E-state index >= 15 is 0 Å². The van der Waals surface area contributed by atoms with Crippen LogP contribution in [-0.2, 0) is 24.1 Å². The van der Waals surface area contributed by atoms with Crippen molar-refractivity contribution in [3.05, 3.63) is 46.6 Å². The van der Waals surface area contributed by atoms with Gasteiger partial charge in [0.05, 0.1) is 6.42 Å². The summed E-state index contributed by atoms with van der Waals surface area (Å²) in [6, 6.07) is 8.26. The van der Waals surface area contributed by atoms with Crippen LogP contribution in [0.25, 0.3) is 0 Å². The maximum atomic E-state index is 12.1. The number of aromatic amines is 1. The number of amides is 1. The molecule has 0 aliphatic heterocycles. The van der Waals surface area contributed by atoms with Crippen molar-refractivity contribution in [3.8, 4) is 0 Å². The molecule has 0 bridgehead atoms. The Labute approximate surface area is 125 Å². The highest BCUT2D eigenvalue weighted by Gasteiger charge is 2.19. The predicted octanol–water partition coefficient (Wildman–Crippen LogP) is 3.20. The van der Waals surface area contributed by atoms with Gasteiger partial charge < -0.3 is 5.32 Å². The molecular formula is C17H21N3O. The third kappa shape index (κ3) is 2.99. The van der Waals surface area contributed by atoms with Crippen LogP contribution < -0.4 is 5.32 Å². The van der Waals surface area contributed by atoms with E-state index in [0.717, 1.165) is 24.8 Å². The van der Waals surface area contributed by atoms with Crippen LogP contribution in [0, 0.1) is 0 Å². The number of hydrogen-bond donors (Lipinski definition) is 2. The minimum absolute atomic E-state index is 0.00602. The number of carbonyl (C=O) groups excluding carboxylic acids is 1. The number of nitrogens with one attached hydrogen (secondary N) is 2. The van der Waals surface area contributed by atoms with Crippen molar-refractivity contribution in [2.45, 2.75) is 45.4 Å². The maximum Gasteiger partial charge on any atom is 0.230 e. The molecule has 2 N–H and O–H groups in total. The summed E-state index contributed by atoms with van der Waals surface area (Å²) < 4.78 is 0. The zero-order chi connectivity index (χ0) is 14.8. The third-order valence-corrected chi connectivity index (χ3v) is 4.08. The van der Waals surface area contributed by atoms with Gasteiger partial charge in [-0.25, -0.2) is 0 Å². The normalized spacial score (nSPS) is 13.5. The fourth-order valence-corrected chi connectivity index (χ4v) is 2.80. The van der Waals surface area contributed by atoms with E-state index in [1.54, 1.807) is 0 Å². The lowest BCUT2D eigenvalue weighted by Gasteiger charge is -2.07. The van der Waals surface area contributed by atoms with Gasteiger partial charge in [-0.3, -0.25) is 9.89 Å². The van der Waals surface area contributed by atoms with E-state index < -0.39 is 0 Å². The highest BCUT2D eigenvalue weighted by Crippen LogP contribution is 2.26. The van der Waals surface area contributed by atoms with Crippen LogP contribution in [0.2, 0.25) is 0 Å². The first kappa shape index (κ1) is 13.9. The molecule has 1 aliphatic rings. The lowest BCUT2D eigenvalue weighted by molar-refractivity contribution is -0.115. The summed E-state index contributed by atoms with van der Waals surface area (Å²) in [5, 5.41) is 10.1. The van der Waals surface area contributed by atoms with Crippen molar-refractivity contribution in [1.29, 1.82) is 0 Å². The Morgan fingerprint density at radius 2 is 2.05 bits per heavy atom. The second kappa shape index (κ2) is 5.72. The standard InChI is InChI=1S/C17H21N3O/c1-11(2)13-8-6-12(7-9-13)10-16(21)18-17-14-4-3-5-15(14)19-20-17/h6-9,11H,3-5,10H2,1-2H3,(H2,18,19,20,21). The Balaban J connectivity index is 1.63. The molecule has 0 unspecified atom stereocenters. The second-order valence-corrected chi connectivity index (χ2v) is 6.00. The molecule has 1 aliphatic carbocycles. The first-order valence-electron chi connectivity index (χ1n) is 7.58. The Bertz CT molecular complexity index is 641. The minimum atomic E-state index is -0.00602. The molecule has 3 rings (SSSR count). The molecule has 0 saturated carbocycles. The largest absolute Gasteiger partial charge is 0.309 e. The molecule has 4 nitrogen and oxygen atoms in total. The molecule has 1 amide bonds. The molecular weight excluding hydrogens is 262 g/mol. The average molecular weight is 283 g/mol. The van der Waals surface area contributed by atoms with E-state index in [4.69, 9.17) is 0 Å². The number of anilines is 1. The fourth-order valence-electron chi connectivity index (χ4n) is 2.80. The summed E-state index contributed by atoms with van der Waals surface area (Å²) in [7, 11) is 0. The molecule has 1 aromatic heterocycles. The summed E-state index contributed by atoms with van der Waals surface area (Å²) in [6.07, 6.45) is 3.57. The van der Waals surface area contributed by atoms with Gasteiger partial charge in [0.1, 0.15) is 0 Å². The summed E-state index contributed by atoms with van der Waals surface area (Å²) in [5.74, 6) is 1.22. The van der Waals surface area contributed by atoms with Crippen LogP contribution in [0.1, 0.15) is 48.6 Å². The van der Waals surface area contributed by atoms with Gasteiger partial charge in [-0.05, 0) is 36.3 Å². The zero-order valence-corrected chi connectivity index (χ0v) is 12.6. The van der Waals surface area contributed by atoms with Gasteiger partial charge in [0.2, 0.25) is 5.91 Å². The van der Waals surface area contributed by atoms with Crippen molar-refractivity contribution >= 4 is 11.7 Å². The SMILES string of the molecule is CC(C)c1ccc(CC(=O)Nc2n[nH]c3c2CCC3)cc1. The van der Waals surface area contributed by atoms with Crippen LogP contribution >= 0.6 is 0 Å². The van der Waals surface area contributed by atoms with Crippen molar-refractivity contribution in [3.63, 3.8) is 0 Å². The average Bonchev–Trinajstić information content (AvgIpc) is 3.04. The Morgan fingerprint density at radius 1 is 1.29 bits per heavy atom. The predicted molar refractivity (Wildman–Crippen MR) is 83.5 cm³/mol. The highest BCUT2D eigenvalue weighted by molar-refractivity contribution is 5.92. The van der Waals surface area contributed by atoms with Gasteiger partial charge in [-0.1, -0.05) is 38.1 Å². The summed E-state index contributed by atoms with van der Waals surface area (Å²) in [5.41, 5.74) is 4.68. The summed E-state index contributed by atoms with van der Waals surface area (Å²) in [4.78, 5) is 12.1. The summed E-state index contributed by atoms with van der Waals surface area (Å²) in [6.45, 7) is 4.33. The molecule has 0 spiro atoms. The van der Waals surface area contributed by atoms with Crippen molar-refractivity contribution in [2.24, 2.45) is 0 Å². The summed E-state index contributed by atoms with van der Waals surface area (Å²) >= 11 is 0. The quantitative estimate of drug-likeness (QED) is 0.905. The smallest absolute Gasteiger partial charge is 0.230 e. The van der Waals surface area contributed by atoms with Crippen LogP contribution in [-0.4, -0.2) is 16.1 Å². The molecule has 110 valence electrons. The zero-order valence-electron chi connectivity index (χ0n) is 12.6. The number of aryl methyl sites for hydroxylation is 1. The highest BCUT2D eigenvalue weighted by atomic mass is 16.1. The second-order valence-electron chi connectivity index (χ2n) is 6.00. The molecule has 1 aromatic carbocycles. The van der Waals surface area contributed by atoms with E-state index in [1.165, 1.54) is 16.8 Å². The first-order chi connectivity index (χ1) is 10.1. The molecule has 2 aromatic rings. The van der Waals surface area contributed by atoms with Crippen molar-refractivity contribution in [1.82, 2.24) is 10.2 Å². The van der Waals surface area contributed by atoms with E-state index in [-0.39, 0.29) is 5.91 Å². The van der Waals surface area contributed by atoms with E-state index in [0.29, 0.717) is 18.2 Å².